The molecule has 1 aromatic carbocycles. The Kier molecular flexibility index (Phi) is 2.63. The number of fused-ring (bicyclic) bond motifs is 1. The van der Waals surface area contributed by atoms with Gasteiger partial charge in [-0.3, -0.25) is 9.78 Å². The Bertz CT molecular complexity index is 488. The Morgan fingerprint density at radius 2 is 2.27 bits per heavy atom. The lowest BCUT2D eigenvalue weighted by Crippen LogP contribution is -2.04. The number of nitrogens with zero attached hydrogens (tertiary/aromatic N) is 1. The van der Waals surface area contributed by atoms with Gasteiger partial charge in [0.15, 0.2) is 0 Å². The Labute approximate surface area is 87.7 Å². The summed E-state index contributed by atoms with van der Waals surface area (Å²) in [6.07, 6.45) is 3.80. The molecule has 0 aliphatic heterocycles. The third-order valence-corrected chi connectivity index (χ3v) is 2.34. The highest BCUT2D eigenvalue weighted by Gasteiger charge is 2.06. The molecular formula is C12H11NO2. The molecule has 2 rings (SSSR count). The van der Waals surface area contributed by atoms with Crippen molar-refractivity contribution in [1.82, 2.24) is 4.98 Å². The Balaban J connectivity index is 2.46. The van der Waals surface area contributed by atoms with Crippen molar-refractivity contribution in [2.75, 3.05) is 7.11 Å². The number of hydrogen-bond acceptors (Lipinski definition) is 3. The van der Waals surface area contributed by atoms with Crippen LogP contribution >= 0.6 is 0 Å². The van der Waals surface area contributed by atoms with Crippen molar-refractivity contribution < 1.29 is 9.53 Å². The van der Waals surface area contributed by atoms with Gasteiger partial charge in [-0.1, -0.05) is 18.2 Å². The highest BCUT2D eigenvalue weighted by Crippen LogP contribution is 2.17. The Hall–Kier alpha value is -1.90. The number of carbonyl (C=O) groups excluding carboxylic acids is 1. The second-order valence-corrected chi connectivity index (χ2v) is 3.27. The molecule has 15 heavy (non-hydrogen) atoms. The molecule has 0 saturated carbocycles. The molecule has 0 fully saturated rings. The number of ether oxygens (including phenoxy) is 1. The fourth-order valence-corrected chi connectivity index (χ4v) is 1.56. The highest BCUT2D eigenvalue weighted by atomic mass is 16.5. The molecule has 0 unspecified atom stereocenters. The van der Waals surface area contributed by atoms with Gasteiger partial charge >= 0.3 is 5.97 Å². The second-order valence-electron chi connectivity index (χ2n) is 3.27. The van der Waals surface area contributed by atoms with Crippen LogP contribution in [0.5, 0.6) is 0 Å². The summed E-state index contributed by atoms with van der Waals surface area (Å²) < 4.78 is 4.64. The first-order chi connectivity index (χ1) is 7.31. The quantitative estimate of drug-likeness (QED) is 0.697. The van der Waals surface area contributed by atoms with Crippen LogP contribution in [0, 0.1) is 0 Å². The van der Waals surface area contributed by atoms with Crippen molar-refractivity contribution in [1.29, 1.82) is 0 Å². The summed E-state index contributed by atoms with van der Waals surface area (Å²) in [5.41, 5.74) is 0.951. The first kappa shape index (κ1) is 9.65. The summed E-state index contributed by atoms with van der Waals surface area (Å²) in [6, 6.07) is 7.77. The molecular weight excluding hydrogens is 190 g/mol. The van der Waals surface area contributed by atoms with Gasteiger partial charge in [-0.25, -0.2) is 0 Å². The van der Waals surface area contributed by atoms with E-state index in [0.717, 1.165) is 16.3 Å². The summed E-state index contributed by atoms with van der Waals surface area (Å²) in [7, 11) is 1.39. The lowest BCUT2D eigenvalue weighted by Gasteiger charge is -2.04. The molecule has 3 heteroatoms. The molecule has 0 atom stereocenters. The SMILES string of the molecule is COC(=O)Cc1cccc2ccncc12. The van der Waals surface area contributed by atoms with Crippen molar-refractivity contribution in [3.05, 3.63) is 42.2 Å². The van der Waals surface area contributed by atoms with Crippen molar-refractivity contribution >= 4 is 16.7 Å². The second kappa shape index (κ2) is 4.09. The van der Waals surface area contributed by atoms with E-state index in [0.29, 0.717) is 6.42 Å². The number of esters is 1. The number of methoxy groups -OCH3 is 1. The topological polar surface area (TPSA) is 39.2 Å². The molecule has 3 nitrogen and oxygen atoms in total. The molecule has 0 radical (unpaired) electrons. The maximum absolute atomic E-state index is 11.2. The predicted molar refractivity (Wildman–Crippen MR) is 57.5 cm³/mol. The van der Waals surface area contributed by atoms with E-state index in [1.54, 1.807) is 12.4 Å². The van der Waals surface area contributed by atoms with Gasteiger partial charge in [-0.05, 0) is 17.0 Å². The minimum Gasteiger partial charge on any atom is -0.469 e. The first-order valence-corrected chi connectivity index (χ1v) is 4.69. The van der Waals surface area contributed by atoms with Crippen molar-refractivity contribution in [3.8, 4) is 0 Å². The number of carbonyl (C=O) groups is 1. The largest absolute Gasteiger partial charge is 0.469 e. The minimum absolute atomic E-state index is 0.230. The average Bonchev–Trinajstić information content (AvgIpc) is 2.29. The molecule has 1 aromatic heterocycles. The summed E-state index contributed by atoms with van der Waals surface area (Å²) in [4.78, 5) is 15.2. The predicted octanol–water partition coefficient (Wildman–Crippen LogP) is 1.95. The number of rotatable bonds is 2. The molecule has 0 aliphatic carbocycles. The zero-order valence-corrected chi connectivity index (χ0v) is 8.43. The number of pyridine rings is 1. The van der Waals surface area contributed by atoms with Gasteiger partial charge in [-0.15, -0.1) is 0 Å². The fourth-order valence-electron chi connectivity index (χ4n) is 1.56. The number of aromatic nitrogens is 1. The van der Waals surface area contributed by atoms with E-state index < -0.39 is 0 Å². The standard InChI is InChI=1S/C12H11NO2/c1-15-12(14)7-10-4-2-3-9-5-6-13-8-11(9)10/h2-6,8H,7H2,1H3. The number of benzene rings is 1. The highest BCUT2D eigenvalue weighted by molar-refractivity contribution is 5.88. The molecule has 76 valence electrons. The van der Waals surface area contributed by atoms with Crippen molar-refractivity contribution in [2.45, 2.75) is 6.42 Å². The van der Waals surface area contributed by atoms with Gasteiger partial charge in [0, 0.05) is 17.8 Å². The normalized spacial score (nSPS) is 10.2. The van der Waals surface area contributed by atoms with Gasteiger partial charge < -0.3 is 4.74 Å². The molecule has 0 amide bonds. The molecule has 0 saturated heterocycles. The van der Waals surface area contributed by atoms with Crippen molar-refractivity contribution in [2.24, 2.45) is 0 Å². The molecule has 1 heterocycles. The number of hydrogen-bond donors (Lipinski definition) is 0. The smallest absolute Gasteiger partial charge is 0.310 e. The zero-order valence-electron chi connectivity index (χ0n) is 8.43. The van der Waals surface area contributed by atoms with Gasteiger partial charge in [0.05, 0.1) is 13.5 Å². The van der Waals surface area contributed by atoms with Crippen LogP contribution in [0.15, 0.2) is 36.7 Å². The summed E-state index contributed by atoms with van der Waals surface area (Å²) in [6.45, 7) is 0. The maximum Gasteiger partial charge on any atom is 0.310 e. The van der Waals surface area contributed by atoms with Gasteiger partial charge in [-0.2, -0.15) is 0 Å². The third-order valence-electron chi connectivity index (χ3n) is 2.34. The molecule has 0 N–H and O–H groups in total. The van der Waals surface area contributed by atoms with E-state index >= 15 is 0 Å². The van der Waals surface area contributed by atoms with E-state index in [1.807, 2.05) is 24.3 Å². The van der Waals surface area contributed by atoms with E-state index in [4.69, 9.17) is 0 Å². The Morgan fingerprint density at radius 1 is 1.40 bits per heavy atom. The van der Waals surface area contributed by atoms with Crippen LogP contribution in [0.3, 0.4) is 0 Å². The van der Waals surface area contributed by atoms with Crippen LogP contribution in [0.2, 0.25) is 0 Å². The zero-order chi connectivity index (χ0) is 10.7. The first-order valence-electron chi connectivity index (χ1n) is 4.69. The van der Waals surface area contributed by atoms with Gasteiger partial charge in [0.2, 0.25) is 0 Å². The van der Waals surface area contributed by atoms with E-state index in [9.17, 15) is 4.79 Å². The maximum atomic E-state index is 11.2. The van der Waals surface area contributed by atoms with Gasteiger partial charge in [0.25, 0.3) is 0 Å². The molecule has 0 aliphatic rings. The summed E-state index contributed by atoms with van der Waals surface area (Å²) in [5.74, 6) is -0.230. The van der Waals surface area contributed by atoms with Crippen LogP contribution < -0.4 is 0 Å². The molecule has 0 bridgehead atoms. The summed E-state index contributed by atoms with van der Waals surface area (Å²) in [5, 5.41) is 2.09. The van der Waals surface area contributed by atoms with Crippen LogP contribution in [0.4, 0.5) is 0 Å². The van der Waals surface area contributed by atoms with Crippen LogP contribution in [-0.2, 0) is 16.0 Å². The minimum atomic E-state index is -0.230. The monoisotopic (exact) mass is 201 g/mol. The fraction of sp³-hybridized carbons (Fsp3) is 0.167. The lowest BCUT2D eigenvalue weighted by atomic mass is 10.0. The molecule has 2 aromatic rings. The lowest BCUT2D eigenvalue weighted by molar-refractivity contribution is -0.139. The molecule has 0 spiro atoms. The van der Waals surface area contributed by atoms with Crippen LogP contribution in [0.25, 0.3) is 10.8 Å². The van der Waals surface area contributed by atoms with Crippen LogP contribution in [0.1, 0.15) is 5.56 Å². The van der Waals surface area contributed by atoms with E-state index in [2.05, 4.69) is 9.72 Å². The third kappa shape index (κ3) is 1.96. The van der Waals surface area contributed by atoms with E-state index in [-0.39, 0.29) is 5.97 Å². The van der Waals surface area contributed by atoms with Crippen LogP contribution in [-0.4, -0.2) is 18.1 Å². The van der Waals surface area contributed by atoms with Crippen molar-refractivity contribution in [3.63, 3.8) is 0 Å². The van der Waals surface area contributed by atoms with E-state index in [1.165, 1.54) is 7.11 Å². The Morgan fingerprint density at radius 3 is 3.07 bits per heavy atom. The summed E-state index contributed by atoms with van der Waals surface area (Å²) >= 11 is 0. The average molecular weight is 201 g/mol. The van der Waals surface area contributed by atoms with Gasteiger partial charge in [0.1, 0.15) is 0 Å².